The number of carbonyl (C=O) groups excluding carboxylic acids is 2. The van der Waals surface area contributed by atoms with Gasteiger partial charge in [-0.15, -0.1) is 0 Å². The third kappa shape index (κ3) is 6.60. The molecule has 0 bridgehead atoms. The van der Waals surface area contributed by atoms with E-state index < -0.39 is 0 Å². The lowest BCUT2D eigenvalue weighted by Crippen LogP contribution is -2.34. The van der Waals surface area contributed by atoms with Gasteiger partial charge in [0.05, 0.1) is 0 Å². The average Bonchev–Trinajstić information content (AvgIpc) is 2.53. The molecule has 1 aromatic carbocycles. The molecule has 5 nitrogen and oxygen atoms in total. The number of anilines is 2. The van der Waals surface area contributed by atoms with Crippen molar-refractivity contribution in [2.24, 2.45) is 5.92 Å². The fraction of sp³-hybridized carbons (Fsp3) is 0.579. The molecular formula is C19H31N3O2. The minimum absolute atomic E-state index is 0.0140. The lowest BCUT2D eigenvalue weighted by atomic mass is 10.2. The highest BCUT2D eigenvalue weighted by molar-refractivity contribution is 5.91. The van der Waals surface area contributed by atoms with Gasteiger partial charge in [0.2, 0.25) is 11.8 Å². The molecule has 0 atom stereocenters. The van der Waals surface area contributed by atoms with Gasteiger partial charge in [-0.3, -0.25) is 9.59 Å². The first-order valence-electron chi connectivity index (χ1n) is 8.77. The highest BCUT2D eigenvalue weighted by Gasteiger charge is 2.12. The number of benzene rings is 1. The Kier molecular flexibility index (Phi) is 8.30. The monoisotopic (exact) mass is 333 g/mol. The minimum Gasteiger partial charge on any atom is -0.372 e. The first-order chi connectivity index (χ1) is 11.4. The molecule has 1 rings (SSSR count). The summed E-state index contributed by atoms with van der Waals surface area (Å²) >= 11 is 0. The van der Waals surface area contributed by atoms with Crippen molar-refractivity contribution in [2.75, 3.05) is 36.4 Å². The van der Waals surface area contributed by atoms with Gasteiger partial charge in [-0.2, -0.15) is 0 Å². The summed E-state index contributed by atoms with van der Waals surface area (Å²) in [6, 6.07) is 7.87. The molecule has 0 aliphatic heterocycles. The van der Waals surface area contributed by atoms with Crippen LogP contribution < -0.4 is 10.2 Å². The maximum atomic E-state index is 12.1. The van der Waals surface area contributed by atoms with Crippen LogP contribution in [0.5, 0.6) is 0 Å². The summed E-state index contributed by atoms with van der Waals surface area (Å²) in [7, 11) is 0. The second-order valence-corrected chi connectivity index (χ2v) is 6.38. The number of carbonyl (C=O) groups is 2. The Morgan fingerprint density at radius 2 is 1.67 bits per heavy atom. The lowest BCUT2D eigenvalue weighted by molar-refractivity contribution is -0.129. The molecule has 0 saturated carbocycles. The van der Waals surface area contributed by atoms with E-state index in [4.69, 9.17) is 0 Å². The Labute approximate surface area is 146 Å². The zero-order valence-corrected chi connectivity index (χ0v) is 15.6. The topological polar surface area (TPSA) is 52.7 Å². The van der Waals surface area contributed by atoms with Crippen LogP contribution in [0.1, 0.15) is 41.0 Å². The third-order valence-corrected chi connectivity index (χ3v) is 3.92. The van der Waals surface area contributed by atoms with Crippen molar-refractivity contribution < 1.29 is 9.59 Å². The Bertz CT molecular complexity index is 522. The Balaban J connectivity index is 2.54. The van der Waals surface area contributed by atoms with Crippen LogP contribution in [0.4, 0.5) is 11.4 Å². The zero-order chi connectivity index (χ0) is 18.1. The molecule has 0 heterocycles. The lowest BCUT2D eigenvalue weighted by Gasteiger charge is -2.23. The van der Waals surface area contributed by atoms with Crippen molar-refractivity contribution in [3.63, 3.8) is 0 Å². The SMILES string of the molecule is CCN(CC)c1ccc(NC(=O)CCN(CC(C)C)C(C)=O)cc1. The predicted octanol–water partition coefficient (Wildman–Crippen LogP) is 3.37. The summed E-state index contributed by atoms with van der Waals surface area (Å²) in [4.78, 5) is 27.7. The van der Waals surface area contributed by atoms with Gasteiger partial charge in [0.25, 0.3) is 0 Å². The van der Waals surface area contributed by atoms with Crippen LogP contribution in [-0.4, -0.2) is 42.9 Å². The fourth-order valence-corrected chi connectivity index (χ4v) is 2.62. The summed E-state index contributed by atoms with van der Waals surface area (Å²) in [5.74, 6) is 0.338. The first kappa shape index (κ1) is 20.0. The van der Waals surface area contributed by atoms with Gasteiger partial charge in [0, 0.05) is 50.9 Å². The van der Waals surface area contributed by atoms with E-state index in [1.54, 1.807) is 11.8 Å². The number of nitrogens with zero attached hydrogens (tertiary/aromatic N) is 2. The van der Waals surface area contributed by atoms with Crippen LogP contribution in [0, 0.1) is 5.92 Å². The minimum atomic E-state index is -0.0689. The normalized spacial score (nSPS) is 10.6. The van der Waals surface area contributed by atoms with E-state index in [1.807, 2.05) is 24.3 Å². The van der Waals surface area contributed by atoms with E-state index in [0.717, 1.165) is 24.5 Å². The maximum Gasteiger partial charge on any atom is 0.226 e. The number of hydrogen-bond donors (Lipinski definition) is 1. The predicted molar refractivity (Wildman–Crippen MR) is 100 cm³/mol. The van der Waals surface area contributed by atoms with Gasteiger partial charge in [0.1, 0.15) is 0 Å². The van der Waals surface area contributed by atoms with E-state index in [1.165, 1.54) is 0 Å². The molecule has 0 aliphatic carbocycles. The summed E-state index contributed by atoms with van der Waals surface area (Å²) in [5.41, 5.74) is 1.94. The summed E-state index contributed by atoms with van der Waals surface area (Å²) in [6.07, 6.45) is 0.310. The molecule has 0 aromatic heterocycles. The molecule has 1 aromatic rings. The summed E-state index contributed by atoms with van der Waals surface area (Å²) < 4.78 is 0. The molecule has 0 fully saturated rings. The molecule has 5 heteroatoms. The van der Waals surface area contributed by atoms with Crippen LogP contribution >= 0.6 is 0 Å². The second-order valence-electron chi connectivity index (χ2n) is 6.38. The quantitative estimate of drug-likeness (QED) is 0.754. The molecule has 0 saturated heterocycles. The number of nitrogens with one attached hydrogen (secondary N) is 1. The van der Waals surface area contributed by atoms with Crippen molar-refractivity contribution >= 4 is 23.2 Å². The standard InChI is InChI=1S/C19H31N3O2/c1-6-21(7-2)18-10-8-17(9-11-18)20-19(24)12-13-22(16(5)23)14-15(3)4/h8-11,15H,6-7,12-14H2,1-5H3,(H,20,24). The molecule has 1 N–H and O–H groups in total. The van der Waals surface area contributed by atoms with Gasteiger partial charge in [-0.1, -0.05) is 13.8 Å². The molecular weight excluding hydrogens is 302 g/mol. The van der Waals surface area contributed by atoms with Gasteiger partial charge in [-0.05, 0) is 44.0 Å². The largest absolute Gasteiger partial charge is 0.372 e. The van der Waals surface area contributed by atoms with Gasteiger partial charge in [-0.25, -0.2) is 0 Å². The van der Waals surface area contributed by atoms with Crippen molar-refractivity contribution in [2.45, 2.75) is 41.0 Å². The van der Waals surface area contributed by atoms with E-state index in [2.05, 4.69) is 37.9 Å². The molecule has 0 unspecified atom stereocenters. The highest BCUT2D eigenvalue weighted by Crippen LogP contribution is 2.17. The van der Waals surface area contributed by atoms with Crippen molar-refractivity contribution in [3.8, 4) is 0 Å². The summed E-state index contributed by atoms with van der Waals surface area (Å²) in [6.45, 7) is 13.0. The van der Waals surface area contributed by atoms with Crippen LogP contribution in [0.15, 0.2) is 24.3 Å². The number of hydrogen-bond acceptors (Lipinski definition) is 3. The van der Waals surface area contributed by atoms with Crippen LogP contribution in [0.25, 0.3) is 0 Å². The van der Waals surface area contributed by atoms with Gasteiger partial charge < -0.3 is 15.1 Å². The van der Waals surface area contributed by atoms with Crippen molar-refractivity contribution in [1.29, 1.82) is 0 Å². The fourth-order valence-electron chi connectivity index (χ4n) is 2.62. The Hall–Kier alpha value is -2.04. The number of amides is 2. The molecule has 134 valence electrons. The molecule has 2 amide bonds. The molecule has 0 aliphatic rings. The molecule has 0 radical (unpaired) electrons. The molecule has 0 spiro atoms. The summed E-state index contributed by atoms with van der Waals surface area (Å²) in [5, 5.41) is 2.90. The average molecular weight is 333 g/mol. The van der Waals surface area contributed by atoms with Crippen molar-refractivity contribution in [1.82, 2.24) is 4.90 Å². The van der Waals surface area contributed by atoms with Crippen LogP contribution in [0.3, 0.4) is 0 Å². The maximum absolute atomic E-state index is 12.1. The number of rotatable bonds is 9. The third-order valence-electron chi connectivity index (χ3n) is 3.92. The van der Waals surface area contributed by atoms with Crippen molar-refractivity contribution in [3.05, 3.63) is 24.3 Å². The van der Waals surface area contributed by atoms with Crippen LogP contribution in [-0.2, 0) is 9.59 Å². The second kappa shape index (κ2) is 9.96. The molecule has 24 heavy (non-hydrogen) atoms. The van der Waals surface area contributed by atoms with E-state index in [9.17, 15) is 9.59 Å². The van der Waals surface area contributed by atoms with Gasteiger partial charge >= 0.3 is 0 Å². The first-order valence-corrected chi connectivity index (χ1v) is 8.77. The van der Waals surface area contributed by atoms with Crippen LogP contribution in [0.2, 0.25) is 0 Å². The smallest absolute Gasteiger partial charge is 0.226 e. The zero-order valence-electron chi connectivity index (χ0n) is 15.6. The van der Waals surface area contributed by atoms with E-state index in [-0.39, 0.29) is 11.8 Å². The van der Waals surface area contributed by atoms with Gasteiger partial charge in [0.15, 0.2) is 0 Å². The van der Waals surface area contributed by atoms with E-state index >= 15 is 0 Å². The van der Waals surface area contributed by atoms with E-state index in [0.29, 0.717) is 25.4 Å². The Morgan fingerprint density at radius 1 is 1.08 bits per heavy atom. The Morgan fingerprint density at radius 3 is 2.12 bits per heavy atom. The highest BCUT2D eigenvalue weighted by atomic mass is 16.2.